The van der Waals surface area contributed by atoms with Gasteiger partial charge in [0.25, 0.3) is 0 Å². The van der Waals surface area contributed by atoms with Gasteiger partial charge in [-0.2, -0.15) is 5.10 Å². The zero-order chi connectivity index (χ0) is 17.8. The van der Waals surface area contributed by atoms with Crippen LogP contribution >= 0.6 is 0 Å². The SMILES string of the molecule is COc1ccc(CNC(=O)C(C)N2CC(n3cccn3)C2)cc1OC. The van der Waals surface area contributed by atoms with Gasteiger partial charge in [-0.15, -0.1) is 0 Å². The van der Waals surface area contributed by atoms with Gasteiger partial charge >= 0.3 is 0 Å². The van der Waals surface area contributed by atoms with E-state index in [2.05, 4.69) is 15.3 Å². The van der Waals surface area contributed by atoms with Crippen molar-refractivity contribution in [3.63, 3.8) is 0 Å². The van der Waals surface area contributed by atoms with E-state index in [1.807, 2.05) is 42.1 Å². The van der Waals surface area contributed by atoms with E-state index in [1.54, 1.807) is 20.4 Å². The number of nitrogens with zero attached hydrogens (tertiary/aromatic N) is 3. The highest BCUT2D eigenvalue weighted by Crippen LogP contribution is 2.27. The highest BCUT2D eigenvalue weighted by Gasteiger charge is 2.34. The second-order valence-corrected chi connectivity index (χ2v) is 6.18. The van der Waals surface area contributed by atoms with Crippen molar-refractivity contribution in [2.45, 2.75) is 25.6 Å². The van der Waals surface area contributed by atoms with Crippen LogP contribution in [0.25, 0.3) is 0 Å². The molecule has 2 heterocycles. The lowest BCUT2D eigenvalue weighted by atomic mass is 10.1. The summed E-state index contributed by atoms with van der Waals surface area (Å²) in [5, 5.41) is 7.24. The summed E-state index contributed by atoms with van der Waals surface area (Å²) in [6.45, 7) is 4.07. The molecule has 0 bridgehead atoms. The third kappa shape index (κ3) is 3.76. The molecule has 25 heavy (non-hydrogen) atoms. The Morgan fingerprint density at radius 3 is 2.72 bits per heavy atom. The number of methoxy groups -OCH3 is 2. The molecule has 1 N–H and O–H groups in total. The molecule has 1 unspecified atom stereocenters. The molecule has 1 aromatic carbocycles. The van der Waals surface area contributed by atoms with E-state index in [1.165, 1.54) is 0 Å². The van der Waals surface area contributed by atoms with E-state index in [-0.39, 0.29) is 11.9 Å². The summed E-state index contributed by atoms with van der Waals surface area (Å²) in [6, 6.07) is 7.75. The minimum Gasteiger partial charge on any atom is -0.493 e. The highest BCUT2D eigenvalue weighted by molar-refractivity contribution is 5.81. The second-order valence-electron chi connectivity index (χ2n) is 6.18. The lowest BCUT2D eigenvalue weighted by Crippen LogP contribution is -2.56. The highest BCUT2D eigenvalue weighted by atomic mass is 16.5. The number of ether oxygens (including phenoxy) is 2. The van der Waals surface area contributed by atoms with Crippen molar-refractivity contribution in [2.75, 3.05) is 27.3 Å². The van der Waals surface area contributed by atoms with E-state index in [0.29, 0.717) is 24.1 Å². The van der Waals surface area contributed by atoms with Gasteiger partial charge in [0.15, 0.2) is 11.5 Å². The molecule has 134 valence electrons. The van der Waals surface area contributed by atoms with Crippen LogP contribution in [0.3, 0.4) is 0 Å². The molecular weight excluding hydrogens is 320 g/mol. The summed E-state index contributed by atoms with van der Waals surface area (Å²) in [5.74, 6) is 1.36. The summed E-state index contributed by atoms with van der Waals surface area (Å²) >= 11 is 0. The Hall–Kier alpha value is -2.54. The van der Waals surface area contributed by atoms with Gasteiger partial charge in [0.2, 0.25) is 5.91 Å². The standard InChI is InChI=1S/C18H24N4O3/c1-13(21-11-15(12-21)22-8-4-7-20-22)18(23)19-10-14-5-6-16(24-2)17(9-14)25-3/h4-9,13,15H,10-12H2,1-3H3,(H,19,23). The van der Waals surface area contributed by atoms with E-state index >= 15 is 0 Å². The molecule has 1 aliphatic rings. The van der Waals surface area contributed by atoms with Gasteiger partial charge in [0.1, 0.15) is 0 Å². The minimum absolute atomic E-state index is 0.0219. The van der Waals surface area contributed by atoms with E-state index < -0.39 is 0 Å². The fourth-order valence-corrected chi connectivity index (χ4v) is 2.96. The maximum atomic E-state index is 12.4. The Bertz CT molecular complexity index is 711. The Morgan fingerprint density at radius 2 is 2.08 bits per heavy atom. The molecule has 7 heteroatoms. The predicted molar refractivity (Wildman–Crippen MR) is 93.7 cm³/mol. The number of likely N-dealkylation sites (tertiary alicyclic amines) is 1. The average molecular weight is 344 g/mol. The fourth-order valence-electron chi connectivity index (χ4n) is 2.96. The van der Waals surface area contributed by atoms with Gasteiger partial charge < -0.3 is 14.8 Å². The van der Waals surface area contributed by atoms with Crippen molar-refractivity contribution in [2.24, 2.45) is 0 Å². The lowest BCUT2D eigenvalue weighted by Gasteiger charge is -2.42. The number of aromatic nitrogens is 2. The first kappa shape index (κ1) is 17.3. The van der Waals surface area contributed by atoms with Crippen molar-refractivity contribution < 1.29 is 14.3 Å². The second kappa shape index (κ2) is 7.57. The lowest BCUT2D eigenvalue weighted by molar-refractivity contribution is -0.128. The van der Waals surface area contributed by atoms with E-state index in [9.17, 15) is 4.79 Å². The van der Waals surface area contributed by atoms with Crippen molar-refractivity contribution in [1.82, 2.24) is 20.0 Å². The van der Waals surface area contributed by atoms with Crippen LogP contribution in [0.5, 0.6) is 11.5 Å². The molecule has 1 amide bonds. The molecule has 1 fully saturated rings. The normalized spacial score (nSPS) is 16.1. The van der Waals surface area contributed by atoms with Crippen LogP contribution in [0.4, 0.5) is 0 Å². The fraction of sp³-hybridized carbons (Fsp3) is 0.444. The minimum atomic E-state index is -0.160. The van der Waals surface area contributed by atoms with Gasteiger partial charge in [0, 0.05) is 32.0 Å². The average Bonchev–Trinajstić information content (AvgIpc) is 3.12. The van der Waals surface area contributed by atoms with Crippen LogP contribution < -0.4 is 14.8 Å². The van der Waals surface area contributed by atoms with Crippen molar-refractivity contribution in [3.8, 4) is 11.5 Å². The van der Waals surface area contributed by atoms with E-state index in [4.69, 9.17) is 9.47 Å². The molecule has 0 aliphatic carbocycles. The molecule has 1 saturated heterocycles. The molecule has 2 aromatic rings. The zero-order valence-electron chi connectivity index (χ0n) is 14.8. The Balaban J connectivity index is 1.49. The van der Waals surface area contributed by atoms with Crippen molar-refractivity contribution in [3.05, 3.63) is 42.2 Å². The first-order chi connectivity index (χ1) is 12.1. The van der Waals surface area contributed by atoms with Gasteiger partial charge in [-0.1, -0.05) is 6.07 Å². The number of carbonyl (C=O) groups is 1. The Morgan fingerprint density at radius 1 is 1.32 bits per heavy atom. The van der Waals surface area contributed by atoms with Gasteiger partial charge in [-0.25, -0.2) is 0 Å². The summed E-state index contributed by atoms with van der Waals surface area (Å²) in [6.07, 6.45) is 3.74. The topological polar surface area (TPSA) is 68.6 Å². The summed E-state index contributed by atoms with van der Waals surface area (Å²) in [7, 11) is 3.20. The number of nitrogens with one attached hydrogen (secondary N) is 1. The van der Waals surface area contributed by atoms with Crippen molar-refractivity contribution in [1.29, 1.82) is 0 Å². The molecule has 0 radical (unpaired) electrons. The predicted octanol–water partition coefficient (Wildman–Crippen LogP) is 1.46. The van der Waals surface area contributed by atoms with Gasteiger partial charge in [-0.05, 0) is 30.7 Å². The Kier molecular flexibility index (Phi) is 5.23. The molecule has 1 aliphatic heterocycles. The summed E-state index contributed by atoms with van der Waals surface area (Å²) < 4.78 is 12.5. The first-order valence-electron chi connectivity index (χ1n) is 8.34. The van der Waals surface area contributed by atoms with Crippen LogP contribution in [0, 0.1) is 0 Å². The Labute approximate surface area is 147 Å². The zero-order valence-corrected chi connectivity index (χ0v) is 14.8. The molecule has 0 saturated carbocycles. The number of carbonyl (C=O) groups excluding carboxylic acids is 1. The van der Waals surface area contributed by atoms with E-state index in [0.717, 1.165) is 18.7 Å². The largest absolute Gasteiger partial charge is 0.493 e. The maximum Gasteiger partial charge on any atom is 0.237 e. The molecule has 0 spiro atoms. The van der Waals surface area contributed by atoms with Crippen LogP contribution in [0.1, 0.15) is 18.5 Å². The third-order valence-corrected chi connectivity index (χ3v) is 4.63. The quantitative estimate of drug-likeness (QED) is 0.824. The van der Waals surface area contributed by atoms with Gasteiger partial charge in [0.05, 0.1) is 26.3 Å². The number of amides is 1. The number of rotatable bonds is 7. The van der Waals surface area contributed by atoms with Crippen molar-refractivity contribution >= 4 is 5.91 Å². The molecule has 3 rings (SSSR count). The number of hydrogen-bond donors (Lipinski definition) is 1. The summed E-state index contributed by atoms with van der Waals surface area (Å²) in [5.41, 5.74) is 0.969. The summed E-state index contributed by atoms with van der Waals surface area (Å²) in [4.78, 5) is 14.5. The molecular formula is C18H24N4O3. The molecule has 1 aromatic heterocycles. The monoisotopic (exact) mass is 344 g/mol. The maximum absolute atomic E-state index is 12.4. The third-order valence-electron chi connectivity index (χ3n) is 4.63. The smallest absolute Gasteiger partial charge is 0.237 e. The van der Waals surface area contributed by atoms with Crippen LogP contribution in [-0.4, -0.2) is 53.9 Å². The van der Waals surface area contributed by atoms with Crippen LogP contribution in [0.15, 0.2) is 36.7 Å². The number of hydrogen-bond acceptors (Lipinski definition) is 5. The first-order valence-corrected chi connectivity index (χ1v) is 8.34. The molecule has 7 nitrogen and oxygen atoms in total. The van der Waals surface area contributed by atoms with Gasteiger partial charge in [-0.3, -0.25) is 14.4 Å². The molecule has 1 atom stereocenters. The number of benzene rings is 1. The van der Waals surface area contributed by atoms with Crippen LogP contribution in [0.2, 0.25) is 0 Å². The van der Waals surface area contributed by atoms with Crippen LogP contribution in [-0.2, 0) is 11.3 Å².